The average molecular weight is 236 g/mol. The van der Waals surface area contributed by atoms with Crippen molar-refractivity contribution in [3.63, 3.8) is 0 Å². The van der Waals surface area contributed by atoms with E-state index < -0.39 is 0 Å². The Balaban J connectivity index is 1.94. The molecule has 2 nitrogen and oxygen atoms in total. The molecule has 0 amide bonds. The molecule has 0 spiro atoms. The van der Waals surface area contributed by atoms with Gasteiger partial charge in [-0.2, -0.15) is 0 Å². The van der Waals surface area contributed by atoms with E-state index in [1.165, 1.54) is 16.8 Å². The van der Waals surface area contributed by atoms with Crippen molar-refractivity contribution < 1.29 is 0 Å². The first kappa shape index (κ1) is 11.0. The van der Waals surface area contributed by atoms with Gasteiger partial charge in [-0.05, 0) is 19.1 Å². The Morgan fingerprint density at radius 3 is 2.39 bits per heavy atom. The van der Waals surface area contributed by atoms with Crippen molar-refractivity contribution in [3.05, 3.63) is 65.7 Å². The van der Waals surface area contributed by atoms with E-state index in [4.69, 9.17) is 0 Å². The standard InChI is InChI=1S/C16H16N2/c1-13-7-9-14(10-8-13)16-17-11-12-18(16)15-5-3-2-4-6-15/h2-10H,11-12H2,1H3. The van der Waals surface area contributed by atoms with E-state index in [-0.39, 0.29) is 0 Å². The number of hydrogen-bond acceptors (Lipinski definition) is 2. The Morgan fingerprint density at radius 2 is 1.67 bits per heavy atom. The predicted octanol–water partition coefficient (Wildman–Crippen LogP) is 3.26. The number of amidine groups is 1. The van der Waals surface area contributed by atoms with Crippen LogP contribution >= 0.6 is 0 Å². The van der Waals surface area contributed by atoms with Crippen LogP contribution in [0.1, 0.15) is 11.1 Å². The van der Waals surface area contributed by atoms with Gasteiger partial charge in [0, 0.05) is 17.8 Å². The third-order valence-corrected chi connectivity index (χ3v) is 3.22. The van der Waals surface area contributed by atoms with E-state index in [1.54, 1.807) is 0 Å². The molecule has 18 heavy (non-hydrogen) atoms. The summed E-state index contributed by atoms with van der Waals surface area (Å²) in [7, 11) is 0. The van der Waals surface area contributed by atoms with Gasteiger partial charge < -0.3 is 4.90 Å². The van der Waals surface area contributed by atoms with Crippen molar-refractivity contribution in [2.75, 3.05) is 18.0 Å². The van der Waals surface area contributed by atoms with E-state index in [0.717, 1.165) is 18.9 Å². The van der Waals surface area contributed by atoms with Crippen LogP contribution in [0.5, 0.6) is 0 Å². The summed E-state index contributed by atoms with van der Waals surface area (Å²) in [6.07, 6.45) is 0. The normalized spacial score (nSPS) is 14.7. The minimum absolute atomic E-state index is 0.873. The fourth-order valence-corrected chi connectivity index (χ4v) is 2.26. The Bertz CT molecular complexity index is 555. The SMILES string of the molecule is Cc1ccc(C2=NCCN2c2ccccc2)cc1. The van der Waals surface area contributed by atoms with Gasteiger partial charge in [-0.15, -0.1) is 0 Å². The number of aryl methyl sites for hydroxylation is 1. The highest BCUT2D eigenvalue weighted by Gasteiger charge is 2.19. The van der Waals surface area contributed by atoms with Gasteiger partial charge in [-0.25, -0.2) is 0 Å². The highest BCUT2D eigenvalue weighted by atomic mass is 15.2. The summed E-state index contributed by atoms with van der Waals surface area (Å²) in [6.45, 7) is 3.94. The summed E-state index contributed by atoms with van der Waals surface area (Å²) in [6, 6.07) is 19.0. The molecular formula is C16H16N2. The molecule has 1 heterocycles. The Labute approximate surface area is 108 Å². The van der Waals surface area contributed by atoms with Gasteiger partial charge in [0.15, 0.2) is 0 Å². The van der Waals surface area contributed by atoms with Crippen LogP contribution in [0.25, 0.3) is 0 Å². The lowest BCUT2D eigenvalue weighted by molar-refractivity contribution is 1.02. The maximum Gasteiger partial charge on any atom is 0.135 e. The van der Waals surface area contributed by atoms with Crippen molar-refractivity contribution in [1.29, 1.82) is 0 Å². The Kier molecular flexibility index (Phi) is 2.85. The van der Waals surface area contributed by atoms with E-state index in [0.29, 0.717) is 0 Å². The average Bonchev–Trinajstić information content (AvgIpc) is 2.90. The van der Waals surface area contributed by atoms with Gasteiger partial charge in [0.05, 0.1) is 6.54 Å². The first-order valence-corrected chi connectivity index (χ1v) is 6.29. The molecule has 0 atom stereocenters. The topological polar surface area (TPSA) is 15.6 Å². The maximum absolute atomic E-state index is 4.64. The van der Waals surface area contributed by atoms with Crippen molar-refractivity contribution in [3.8, 4) is 0 Å². The molecule has 2 heteroatoms. The summed E-state index contributed by atoms with van der Waals surface area (Å²) in [5.41, 5.74) is 3.69. The number of benzene rings is 2. The van der Waals surface area contributed by atoms with Gasteiger partial charge in [-0.1, -0.05) is 48.0 Å². The minimum Gasteiger partial charge on any atom is -0.324 e. The maximum atomic E-state index is 4.64. The van der Waals surface area contributed by atoms with Crippen molar-refractivity contribution >= 4 is 11.5 Å². The van der Waals surface area contributed by atoms with Crippen LogP contribution < -0.4 is 4.90 Å². The molecule has 0 saturated heterocycles. The van der Waals surface area contributed by atoms with E-state index >= 15 is 0 Å². The number of anilines is 1. The van der Waals surface area contributed by atoms with Crippen LogP contribution in [0.3, 0.4) is 0 Å². The molecule has 0 saturated carbocycles. The minimum atomic E-state index is 0.873. The zero-order valence-corrected chi connectivity index (χ0v) is 10.5. The van der Waals surface area contributed by atoms with Gasteiger partial charge in [0.2, 0.25) is 0 Å². The third kappa shape index (κ3) is 2.02. The van der Waals surface area contributed by atoms with Crippen LogP contribution in [-0.2, 0) is 0 Å². The molecule has 0 radical (unpaired) electrons. The molecule has 2 aromatic rings. The molecule has 0 aliphatic carbocycles. The zero-order valence-electron chi connectivity index (χ0n) is 10.5. The summed E-state index contributed by atoms with van der Waals surface area (Å²) in [5, 5.41) is 0. The molecule has 2 aromatic carbocycles. The number of para-hydroxylation sites is 1. The molecule has 90 valence electrons. The summed E-state index contributed by atoms with van der Waals surface area (Å²) >= 11 is 0. The van der Waals surface area contributed by atoms with Gasteiger partial charge in [0.1, 0.15) is 5.84 Å². The highest BCUT2D eigenvalue weighted by molar-refractivity contribution is 6.11. The lowest BCUT2D eigenvalue weighted by Gasteiger charge is -2.20. The molecule has 0 unspecified atom stereocenters. The Hall–Kier alpha value is -2.09. The van der Waals surface area contributed by atoms with E-state index in [9.17, 15) is 0 Å². The molecule has 0 bridgehead atoms. The van der Waals surface area contributed by atoms with Crippen LogP contribution in [0.15, 0.2) is 59.6 Å². The quantitative estimate of drug-likeness (QED) is 0.781. The third-order valence-electron chi connectivity index (χ3n) is 3.22. The van der Waals surface area contributed by atoms with Crippen molar-refractivity contribution in [2.24, 2.45) is 4.99 Å². The number of hydrogen-bond donors (Lipinski definition) is 0. The predicted molar refractivity (Wildman–Crippen MR) is 76.4 cm³/mol. The van der Waals surface area contributed by atoms with Crippen LogP contribution in [0, 0.1) is 6.92 Å². The van der Waals surface area contributed by atoms with Crippen molar-refractivity contribution in [2.45, 2.75) is 6.92 Å². The lowest BCUT2D eigenvalue weighted by Crippen LogP contribution is -2.27. The fraction of sp³-hybridized carbons (Fsp3) is 0.188. The number of aliphatic imine (C=N–C) groups is 1. The van der Waals surface area contributed by atoms with E-state index in [1.807, 2.05) is 6.07 Å². The smallest absolute Gasteiger partial charge is 0.135 e. The fourth-order valence-electron chi connectivity index (χ4n) is 2.26. The molecule has 1 aliphatic heterocycles. The van der Waals surface area contributed by atoms with Crippen LogP contribution in [-0.4, -0.2) is 18.9 Å². The summed E-state index contributed by atoms with van der Waals surface area (Å²) in [5.74, 6) is 1.08. The summed E-state index contributed by atoms with van der Waals surface area (Å²) in [4.78, 5) is 6.92. The van der Waals surface area contributed by atoms with Crippen molar-refractivity contribution in [1.82, 2.24) is 0 Å². The van der Waals surface area contributed by atoms with Gasteiger partial charge in [-0.3, -0.25) is 4.99 Å². The first-order chi connectivity index (χ1) is 8.84. The highest BCUT2D eigenvalue weighted by Crippen LogP contribution is 2.20. The zero-order chi connectivity index (χ0) is 12.4. The summed E-state index contributed by atoms with van der Waals surface area (Å²) < 4.78 is 0. The lowest BCUT2D eigenvalue weighted by atomic mass is 10.1. The number of rotatable bonds is 2. The Morgan fingerprint density at radius 1 is 0.944 bits per heavy atom. The number of nitrogens with zero attached hydrogens (tertiary/aromatic N) is 2. The molecule has 1 aliphatic rings. The second-order valence-electron chi connectivity index (χ2n) is 4.56. The molecule has 0 N–H and O–H groups in total. The van der Waals surface area contributed by atoms with E-state index in [2.05, 4.69) is 65.3 Å². The second-order valence-corrected chi connectivity index (χ2v) is 4.56. The van der Waals surface area contributed by atoms with Gasteiger partial charge >= 0.3 is 0 Å². The second kappa shape index (κ2) is 4.65. The van der Waals surface area contributed by atoms with Crippen LogP contribution in [0.4, 0.5) is 5.69 Å². The van der Waals surface area contributed by atoms with Crippen LogP contribution in [0.2, 0.25) is 0 Å². The largest absolute Gasteiger partial charge is 0.324 e. The molecule has 0 fully saturated rings. The monoisotopic (exact) mass is 236 g/mol. The van der Waals surface area contributed by atoms with Gasteiger partial charge in [0.25, 0.3) is 0 Å². The molecule has 0 aromatic heterocycles. The molecular weight excluding hydrogens is 220 g/mol. The molecule has 3 rings (SSSR count). The first-order valence-electron chi connectivity index (χ1n) is 6.29.